The lowest BCUT2D eigenvalue weighted by Crippen LogP contribution is -2.43. The summed E-state index contributed by atoms with van der Waals surface area (Å²) in [5, 5.41) is 11.5. The molecule has 10 nitrogen and oxygen atoms in total. The first-order valence-corrected chi connectivity index (χ1v) is 13.3. The van der Waals surface area contributed by atoms with E-state index < -0.39 is 11.0 Å². The van der Waals surface area contributed by atoms with Crippen molar-refractivity contribution in [1.82, 2.24) is 9.47 Å². The third kappa shape index (κ3) is 5.09. The number of thiazole rings is 1. The van der Waals surface area contributed by atoms with Gasteiger partial charge in [0, 0.05) is 30.3 Å². The van der Waals surface area contributed by atoms with Crippen molar-refractivity contribution in [1.29, 1.82) is 0 Å². The Bertz CT molecular complexity index is 1670. The first-order chi connectivity index (χ1) is 18.6. The number of aryl methyl sites for hydroxylation is 1. The average molecular weight is 551 g/mol. The molecule has 0 saturated carbocycles. The molecule has 0 saturated heterocycles. The SMILES string of the molecule is CCN(CC)C(=O)C1=C(C)N=c2s/c(=C\c3ccc(C)c([N+](=O)[O-])c3)c(=O)n2[C@H]1c1cc(OC)ccc1OC. The van der Waals surface area contributed by atoms with E-state index in [1.54, 1.807) is 62.3 Å². The molecule has 4 rings (SSSR count). The molecule has 2 aromatic carbocycles. The summed E-state index contributed by atoms with van der Waals surface area (Å²) in [5.41, 5.74) is 2.10. The fraction of sp³-hybridized carbons (Fsp3) is 0.321. The molecule has 0 aliphatic carbocycles. The molecule has 1 amide bonds. The molecule has 11 heteroatoms. The highest BCUT2D eigenvalue weighted by atomic mass is 32.1. The van der Waals surface area contributed by atoms with Gasteiger partial charge in [-0.3, -0.25) is 24.3 Å². The molecule has 0 bridgehead atoms. The predicted octanol–water partition coefficient (Wildman–Crippen LogP) is 3.34. The van der Waals surface area contributed by atoms with Crippen LogP contribution >= 0.6 is 11.3 Å². The Labute approximate surface area is 229 Å². The number of methoxy groups -OCH3 is 2. The number of likely N-dealkylation sites (N-methyl/N-ethyl adjacent to an activating group) is 1. The number of nitro groups is 1. The Hall–Kier alpha value is -4.25. The van der Waals surface area contributed by atoms with Crippen molar-refractivity contribution in [2.45, 2.75) is 33.7 Å². The molecule has 2 heterocycles. The van der Waals surface area contributed by atoms with Crippen LogP contribution in [0.5, 0.6) is 11.5 Å². The van der Waals surface area contributed by atoms with E-state index in [0.717, 1.165) is 11.3 Å². The highest BCUT2D eigenvalue weighted by Gasteiger charge is 2.36. The van der Waals surface area contributed by atoms with Gasteiger partial charge in [0.1, 0.15) is 17.5 Å². The van der Waals surface area contributed by atoms with Crippen LogP contribution in [0.25, 0.3) is 6.08 Å². The molecule has 1 aliphatic rings. The molecule has 3 aromatic rings. The zero-order valence-electron chi connectivity index (χ0n) is 22.7. The summed E-state index contributed by atoms with van der Waals surface area (Å²) in [6.45, 7) is 8.20. The second kappa shape index (κ2) is 11.2. The van der Waals surface area contributed by atoms with Crippen LogP contribution in [-0.2, 0) is 4.79 Å². The lowest BCUT2D eigenvalue weighted by Gasteiger charge is -2.30. The minimum Gasteiger partial charge on any atom is -0.497 e. The van der Waals surface area contributed by atoms with Gasteiger partial charge in [-0.1, -0.05) is 23.5 Å². The summed E-state index contributed by atoms with van der Waals surface area (Å²) in [6.07, 6.45) is 1.61. The third-order valence-electron chi connectivity index (χ3n) is 6.76. The Balaban J connectivity index is 2.02. The standard InChI is InChI=1S/C28H30N4O6S/c1-7-30(8-2)27(34)24-17(4)29-28-31(25(24)20-15-19(37-5)11-12-22(20)38-6)26(33)23(39-28)14-18-10-9-16(3)21(13-18)32(35)36/h9-15,25H,7-8H2,1-6H3/b23-14-/t25-/m0/s1. The number of nitrogens with zero attached hydrogens (tertiary/aromatic N) is 4. The molecule has 1 aliphatic heterocycles. The van der Waals surface area contributed by atoms with Crippen LogP contribution in [-0.4, -0.2) is 47.6 Å². The molecule has 0 spiro atoms. The lowest BCUT2D eigenvalue weighted by molar-refractivity contribution is -0.385. The number of rotatable bonds is 8. The van der Waals surface area contributed by atoms with Gasteiger partial charge in [-0.05, 0) is 57.5 Å². The van der Waals surface area contributed by atoms with E-state index in [2.05, 4.69) is 4.99 Å². The van der Waals surface area contributed by atoms with Crippen molar-refractivity contribution >= 4 is 29.0 Å². The van der Waals surface area contributed by atoms with E-state index in [1.165, 1.54) is 17.7 Å². The summed E-state index contributed by atoms with van der Waals surface area (Å²) < 4.78 is 13.0. The van der Waals surface area contributed by atoms with Crippen LogP contribution < -0.4 is 24.4 Å². The molecule has 0 radical (unpaired) electrons. The minimum absolute atomic E-state index is 0.0292. The normalized spacial score (nSPS) is 15.0. The number of nitro benzene ring substituents is 1. The molecular weight excluding hydrogens is 520 g/mol. The van der Waals surface area contributed by atoms with Crippen molar-refractivity contribution in [2.75, 3.05) is 27.3 Å². The third-order valence-corrected chi connectivity index (χ3v) is 7.74. The van der Waals surface area contributed by atoms with Gasteiger partial charge in [0.2, 0.25) is 0 Å². The number of benzene rings is 2. The molecule has 0 fully saturated rings. The van der Waals surface area contributed by atoms with Gasteiger partial charge >= 0.3 is 0 Å². The quantitative estimate of drug-likeness (QED) is 0.314. The van der Waals surface area contributed by atoms with Crippen molar-refractivity contribution in [3.63, 3.8) is 0 Å². The van der Waals surface area contributed by atoms with Gasteiger partial charge in [-0.2, -0.15) is 0 Å². The van der Waals surface area contributed by atoms with Gasteiger partial charge in [-0.25, -0.2) is 4.99 Å². The molecule has 39 heavy (non-hydrogen) atoms. The smallest absolute Gasteiger partial charge is 0.272 e. The zero-order chi connectivity index (χ0) is 28.4. The number of amides is 1. The van der Waals surface area contributed by atoms with E-state index in [9.17, 15) is 19.7 Å². The second-order valence-electron chi connectivity index (χ2n) is 8.97. The first kappa shape index (κ1) is 27.8. The Kier molecular flexibility index (Phi) is 8.01. The highest BCUT2D eigenvalue weighted by molar-refractivity contribution is 7.07. The van der Waals surface area contributed by atoms with Crippen LogP contribution in [0.4, 0.5) is 5.69 Å². The molecule has 1 aromatic heterocycles. The first-order valence-electron chi connectivity index (χ1n) is 12.4. The van der Waals surface area contributed by atoms with Crippen LogP contribution in [0.2, 0.25) is 0 Å². The van der Waals surface area contributed by atoms with E-state index in [4.69, 9.17) is 9.47 Å². The van der Waals surface area contributed by atoms with Gasteiger partial charge < -0.3 is 14.4 Å². The summed E-state index contributed by atoms with van der Waals surface area (Å²) >= 11 is 1.16. The number of hydrogen-bond acceptors (Lipinski definition) is 8. The predicted molar refractivity (Wildman–Crippen MR) is 149 cm³/mol. The monoisotopic (exact) mass is 550 g/mol. The Morgan fingerprint density at radius 1 is 1.15 bits per heavy atom. The van der Waals surface area contributed by atoms with E-state index in [0.29, 0.717) is 61.9 Å². The summed E-state index contributed by atoms with van der Waals surface area (Å²) in [6, 6.07) is 9.24. The molecule has 1 atom stereocenters. The van der Waals surface area contributed by atoms with E-state index in [1.807, 2.05) is 13.8 Å². The lowest BCUT2D eigenvalue weighted by atomic mass is 9.93. The van der Waals surface area contributed by atoms with Crippen LogP contribution in [0.15, 0.2) is 57.5 Å². The summed E-state index contributed by atoms with van der Waals surface area (Å²) in [4.78, 5) is 45.5. The highest BCUT2D eigenvalue weighted by Crippen LogP contribution is 2.38. The Morgan fingerprint density at radius 2 is 1.87 bits per heavy atom. The fourth-order valence-electron chi connectivity index (χ4n) is 4.69. The van der Waals surface area contributed by atoms with E-state index >= 15 is 0 Å². The molecule has 0 unspecified atom stereocenters. The Morgan fingerprint density at radius 3 is 2.49 bits per heavy atom. The number of allylic oxidation sites excluding steroid dienone is 1. The topological polar surface area (TPSA) is 116 Å². The number of hydrogen-bond donors (Lipinski definition) is 0. The van der Waals surface area contributed by atoms with E-state index in [-0.39, 0.29) is 17.2 Å². The molecular formula is C28H30N4O6S. The molecule has 204 valence electrons. The number of carbonyl (C=O) groups is 1. The van der Waals surface area contributed by atoms with Crippen LogP contribution in [0, 0.1) is 17.0 Å². The fourth-order valence-corrected chi connectivity index (χ4v) is 5.73. The maximum atomic E-state index is 14.0. The average Bonchev–Trinajstić information content (AvgIpc) is 3.22. The van der Waals surface area contributed by atoms with Gasteiger partial charge in [0.15, 0.2) is 4.80 Å². The maximum Gasteiger partial charge on any atom is 0.272 e. The summed E-state index contributed by atoms with van der Waals surface area (Å²) in [5.74, 6) is 0.813. The minimum atomic E-state index is -0.825. The van der Waals surface area contributed by atoms with Crippen LogP contribution in [0.3, 0.4) is 0 Å². The largest absolute Gasteiger partial charge is 0.497 e. The van der Waals surface area contributed by atoms with Crippen LogP contribution in [0.1, 0.15) is 43.5 Å². The van der Waals surface area contributed by atoms with Gasteiger partial charge in [-0.15, -0.1) is 0 Å². The number of carbonyl (C=O) groups excluding carboxylic acids is 1. The van der Waals surface area contributed by atoms with Gasteiger partial charge in [0.05, 0.1) is 34.9 Å². The van der Waals surface area contributed by atoms with Gasteiger partial charge in [0.25, 0.3) is 17.2 Å². The van der Waals surface area contributed by atoms with Crippen molar-refractivity contribution in [3.05, 3.63) is 94.2 Å². The number of ether oxygens (including phenoxy) is 2. The number of fused-ring (bicyclic) bond motifs is 1. The molecule has 0 N–H and O–H groups in total. The zero-order valence-corrected chi connectivity index (χ0v) is 23.5. The summed E-state index contributed by atoms with van der Waals surface area (Å²) in [7, 11) is 3.07. The maximum absolute atomic E-state index is 14.0. The second-order valence-corrected chi connectivity index (χ2v) is 9.98. The van der Waals surface area contributed by atoms with Crippen molar-refractivity contribution < 1.29 is 19.2 Å². The van der Waals surface area contributed by atoms with Crippen molar-refractivity contribution in [3.8, 4) is 11.5 Å². The number of aromatic nitrogens is 1. The van der Waals surface area contributed by atoms with Crippen molar-refractivity contribution in [2.24, 2.45) is 4.99 Å².